The maximum absolute atomic E-state index is 12.1. The van der Waals surface area contributed by atoms with E-state index in [0.29, 0.717) is 0 Å². The van der Waals surface area contributed by atoms with Crippen molar-refractivity contribution >= 4 is 17.7 Å². The number of thioether (sulfide) groups is 1. The van der Waals surface area contributed by atoms with Gasteiger partial charge in [0, 0.05) is 42.1 Å². The zero-order valence-corrected chi connectivity index (χ0v) is 13.4. The molecule has 2 fully saturated rings. The van der Waals surface area contributed by atoms with Crippen LogP contribution in [0.2, 0.25) is 0 Å². The topological polar surface area (TPSA) is 32.3 Å². The van der Waals surface area contributed by atoms with Crippen molar-refractivity contribution in [3.63, 3.8) is 0 Å². The fraction of sp³-hybridized carbons (Fsp3) is 0.933. The number of amides is 1. The summed E-state index contributed by atoms with van der Waals surface area (Å²) in [6.45, 7) is 9.18. The maximum Gasteiger partial charge on any atom is 0.225 e. The average Bonchev–Trinajstić information content (AvgIpc) is 2.86. The first kappa shape index (κ1) is 15.2. The van der Waals surface area contributed by atoms with Gasteiger partial charge in [-0.2, -0.15) is 11.8 Å². The third-order valence-corrected chi connectivity index (χ3v) is 5.42. The van der Waals surface area contributed by atoms with Crippen LogP contribution in [0.25, 0.3) is 0 Å². The Bertz CT molecular complexity index is 313. The molecule has 3 nitrogen and oxygen atoms in total. The van der Waals surface area contributed by atoms with E-state index in [-0.39, 0.29) is 16.9 Å². The van der Waals surface area contributed by atoms with Gasteiger partial charge >= 0.3 is 0 Å². The highest BCUT2D eigenvalue weighted by Crippen LogP contribution is 2.36. The SMILES string of the molecule is CC(C)(C)C(=O)NCC1(N2CCSCC2)CCCC1. The molecule has 0 spiro atoms. The summed E-state index contributed by atoms with van der Waals surface area (Å²) < 4.78 is 0. The van der Waals surface area contributed by atoms with E-state index in [9.17, 15) is 4.79 Å². The molecule has 110 valence electrons. The molecule has 0 bridgehead atoms. The zero-order chi connectivity index (χ0) is 13.9. The average molecular weight is 284 g/mol. The van der Waals surface area contributed by atoms with Gasteiger partial charge in [-0.15, -0.1) is 0 Å². The molecular formula is C15H28N2OS. The molecule has 1 saturated heterocycles. The van der Waals surface area contributed by atoms with E-state index in [0.717, 1.165) is 6.54 Å². The standard InChI is InChI=1S/C15H28N2OS/c1-14(2,3)13(18)16-12-15(6-4-5-7-15)17-8-10-19-11-9-17/h4-12H2,1-3H3,(H,16,18). The summed E-state index contributed by atoms with van der Waals surface area (Å²) >= 11 is 2.06. The minimum atomic E-state index is -0.280. The first-order valence-electron chi connectivity index (χ1n) is 7.55. The normalized spacial score (nSPS) is 24.4. The van der Waals surface area contributed by atoms with E-state index < -0.39 is 0 Å². The Labute approximate surface area is 121 Å². The lowest BCUT2D eigenvalue weighted by Crippen LogP contribution is -2.57. The number of rotatable bonds is 3. The molecule has 0 aromatic heterocycles. The monoisotopic (exact) mass is 284 g/mol. The van der Waals surface area contributed by atoms with E-state index in [1.165, 1.54) is 50.3 Å². The van der Waals surface area contributed by atoms with Gasteiger partial charge in [0.15, 0.2) is 0 Å². The fourth-order valence-electron chi connectivity index (χ4n) is 3.19. The summed E-state index contributed by atoms with van der Waals surface area (Å²) in [5, 5.41) is 3.22. The molecular weight excluding hydrogens is 256 g/mol. The van der Waals surface area contributed by atoms with Crippen LogP contribution in [-0.2, 0) is 4.79 Å². The number of hydrogen-bond acceptors (Lipinski definition) is 3. The second-order valence-electron chi connectivity index (χ2n) is 6.96. The van der Waals surface area contributed by atoms with Gasteiger partial charge in [-0.05, 0) is 12.8 Å². The summed E-state index contributed by atoms with van der Waals surface area (Å²) in [5.41, 5.74) is -0.0283. The van der Waals surface area contributed by atoms with Crippen molar-refractivity contribution in [2.75, 3.05) is 31.1 Å². The summed E-state index contributed by atoms with van der Waals surface area (Å²) in [6.07, 6.45) is 5.13. The number of carbonyl (C=O) groups is 1. The van der Waals surface area contributed by atoms with E-state index in [4.69, 9.17) is 0 Å². The van der Waals surface area contributed by atoms with Crippen LogP contribution in [0, 0.1) is 5.41 Å². The molecule has 0 aromatic rings. The van der Waals surface area contributed by atoms with Crippen LogP contribution in [0.4, 0.5) is 0 Å². The summed E-state index contributed by atoms with van der Waals surface area (Å²) in [7, 11) is 0. The van der Waals surface area contributed by atoms with Gasteiger partial charge in [0.1, 0.15) is 0 Å². The molecule has 0 atom stereocenters. The van der Waals surface area contributed by atoms with Gasteiger partial charge < -0.3 is 5.32 Å². The highest BCUT2D eigenvalue weighted by Gasteiger charge is 2.40. The molecule has 1 saturated carbocycles. The molecule has 0 radical (unpaired) electrons. The lowest BCUT2D eigenvalue weighted by atomic mass is 9.92. The lowest BCUT2D eigenvalue weighted by Gasteiger charge is -2.44. The highest BCUT2D eigenvalue weighted by molar-refractivity contribution is 7.99. The minimum absolute atomic E-state index is 0.185. The Kier molecular flexibility index (Phi) is 4.83. The van der Waals surface area contributed by atoms with Crippen LogP contribution < -0.4 is 5.32 Å². The van der Waals surface area contributed by atoms with E-state index in [1.807, 2.05) is 20.8 Å². The largest absolute Gasteiger partial charge is 0.354 e. The zero-order valence-electron chi connectivity index (χ0n) is 12.6. The third-order valence-electron chi connectivity index (χ3n) is 4.48. The summed E-state index contributed by atoms with van der Waals surface area (Å²) in [6, 6.07) is 0. The minimum Gasteiger partial charge on any atom is -0.354 e. The molecule has 2 rings (SSSR count). The Morgan fingerprint density at radius 2 is 1.79 bits per heavy atom. The lowest BCUT2D eigenvalue weighted by molar-refractivity contribution is -0.129. The Morgan fingerprint density at radius 3 is 2.32 bits per heavy atom. The molecule has 19 heavy (non-hydrogen) atoms. The first-order valence-corrected chi connectivity index (χ1v) is 8.71. The van der Waals surface area contributed by atoms with Crippen molar-refractivity contribution in [3.05, 3.63) is 0 Å². The Morgan fingerprint density at radius 1 is 1.21 bits per heavy atom. The Hall–Kier alpha value is -0.220. The molecule has 2 aliphatic rings. The van der Waals surface area contributed by atoms with Gasteiger partial charge in [-0.25, -0.2) is 0 Å². The molecule has 1 aliphatic carbocycles. The smallest absolute Gasteiger partial charge is 0.225 e. The molecule has 1 N–H and O–H groups in total. The number of hydrogen-bond donors (Lipinski definition) is 1. The van der Waals surface area contributed by atoms with Crippen LogP contribution in [0.5, 0.6) is 0 Å². The van der Waals surface area contributed by atoms with Crippen LogP contribution in [-0.4, -0.2) is 47.5 Å². The van der Waals surface area contributed by atoms with Gasteiger partial charge in [0.25, 0.3) is 0 Å². The maximum atomic E-state index is 12.1. The van der Waals surface area contributed by atoms with Crippen LogP contribution in [0.15, 0.2) is 0 Å². The van der Waals surface area contributed by atoms with Crippen LogP contribution in [0.3, 0.4) is 0 Å². The van der Waals surface area contributed by atoms with E-state index in [1.54, 1.807) is 0 Å². The molecule has 1 amide bonds. The van der Waals surface area contributed by atoms with E-state index in [2.05, 4.69) is 22.0 Å². The molecule has 0 aromatic carbocycles. The Balaban J connectivity index is 1.97. The predicted molar refractivity (Wildman–Crippen MR) is 82.6 cm³/mol. The summed E-state index contributed by atoms with van der Waals surface area (Å²) in [5.74, 6) is 2.68. The molecule has 1 aliphatic heterocycles. The molecule has 1 heterocycles. The molecule has 4 heteroatoms. The van der Waals surface area contributed by atoms with Crippen LogP contribution >= 0.6 is 11.8 Å². The number of nitrogens with zero attached hydrogens (tertiary/aromatic N) is 1. The highest BCUT2D eigenvalue weighted by atomic mass is 32.2. The second kappa shape index (κ2) is 6.04. The quantitative estimate of drug-likeness (QED) is 0.864. The van der Waals surface area contributed by atoms with Gasteiger partial charge in [0.05, 0.1) is 0 Å². The molecule has 0 unspecified atom stereocenters. The van der Waals surface area contributed by atoms with Crippen molar-refractivity contribution in [2.45, 2.75) is 52.0 Å². The van der Waals surface area contributed by atoms with Crippen molar-refractivity contribution in [2.24, 2.45) is 5.41 Å². The third kappa shape index (κ3) is 3.66. The van der Waals surface area contributed by atoms with Crippen LogP contribution in [0.1, 0.15) is 46.5 Å². The van der Waals surface area contributed by atoms with Crippen molar-refractivity contribution in [1.82, 2.24) is 10.2 Å². The van der Waals surface area contributed by atoms with Crippen molar-refractivity contribution in [1.29, 1.82) is 0 Å². The van der Waals surface area contributed by atoms with Gasteiger partial charge in [-0.3, -0.25) is 9.69 Å². The van der Waals surface area contributed by atoms with Gasteiger partial charge in [-0.1, -0.05) is 33.6 Å². The fourth-order valence-corrected chi connectivity index (χ4v) is 4.09. The van der Waals surface area contributed by atoms with Crippen molar-refractivity contribution < 1.29 is 4.79 Å². The van der Waals surface area contributed by atoms with Crippen molar-refractivity contribution in [3.8, 4) is 0 Å². The van der Waals surface area contributed by atoms with E-state index >= 15 is 0 Å². The van der Waals surface area contributed by atoms with Gasteiger partial charge in [0.2, 0.25) is 5.91 Å². The summed E-state index contributed by atoms with van der Waals surface area (Å²) in [4.78, 5) is 14.8. The second-order valence-corrected chi connectivity index (χ2v) is 8.19. The predicted octanol–water partition coefficient (Wildman–Crippen LogP) is 2.51. The number of carbonyl (C=O) groups excluding carboxylic acids is 1. The number of nitrogens with one attached hydrogen (secondary N) is 1. The first-order chi connectivity index (χ1) is 8.94.